The van der Waals surface area contributed by atoms with Gasteiger partial charge in [0, 0.05) is 4.88 Å². The number of carbonyl (C=O) groups is 1. The fourth-order valence-electron chi connectivity index (χ4n) is 1.27. The van der Waals surface area contributed by atoms with Gasteiger partial charge in [-0.25, -0.2) is 0 Å². The van der Waals surface area contributed by atoms with Crippen LogP contribution in [-0.4, -0.2) is 15.4 Å². The average Bonchev–Trinajstić information content (AvgIpc) is 2.34. The van der Waals surface area contributed by atoms with Crippen LogP contribution in [-0.2, 0) is 4.79 Å². The highest BCUT2D eigenvalue weighted by Gasteiger charge is 2.25. The monoisotopic (exact) mass is 199 g/mol. The predicted octanol–water partition coefficient (Wildman–Crippen LogP) is 2.28. The first-order valence-corrected chi connectivity index (χ1v) is 4.95. The van der Waals surface area contributed by atoms with Crippen molar-refractivity contribution in [2.24, 2.45) is 5.92 Å². The molecule has 1 atom stereocenters. The van der Waals surface area contributed by atoms with Gasteiger partial charge in [0.05, 0.1) is 11.6 Å². The Labute approximate surface area is 81.6 Å². The maximum absolute atomic E-state index is 10.9. The number of hydrogen-bond acceptors (Lipinski definition) is 3. The van der Waals surface area contributed by atoms with Crippen molar-refractivity contribution in [2.75, 3.05) is 0 Å². The van der Waals surface area contributed by atoms with Crippen molar-refractivity contribution in [2.45, 2.75) is 26.7 Å². The summed E-state index contributed by atoms with van der Waals surface area (Å²) in [5.74, 6) is -1.07. The third kappa shape index (κ3) is 2.28. The molecule has 0 aromatic carbocycles. The van der Waals surface area contributed by atoms with E-state index in [1.807, 2.05) is 26.8 Å². The molecule has 1 aromatic heterocycles. The molecule has 0 aliphatic heterocycles. The summed E-state index contributed by atoms with van der Waals surface area (Å²) in [5.41, 5.74) is 0.895. The molecular weight excluding hydrogens is 186 g/mol. The number of aryl methyl sites for hydroxylation is 1. The summed E-state index contributed by atoms with van der Waals surface area (Å²) in [6.07, 6.45) is 0. The maximum atomic E-state index is 10.9. The first-order chi connectivity index (χ1) is 6.02. The molecular formula is C9H13NO2S. The molecule has 0 fully saturated rings. The minimum atomic E-state index is -0.765. The Hall–Kier alpha value is -0.900. The smallest absolute Gasteiger partial charge is 0.312 e. The molecule has 1 N–H and O–H groups in total. The molecule has 0 saturated carbocycles. The molecule has 0 aliphatic carbocycles. The number of carboxylic acids is 1. The second-order valence-corrected chi connectivity index (χ2v) is 4.27. The SMILES string of the molecule is Cc1cc(C(C(=O)O)C(C)C)sn1. The molecule has 4 heteroatoms. The molecule has 72 valence electrons. The summed E-state index contributed by atoms with van der Waals surface area (Å²) in [7, 11) is 0. The second kappa shape index (κ2) is 3.87. The Morgan fingerprint density at radius 1 is 1.62 bits per heavy atom. The lowest BCUT2D eigenvalue weighted by Crippen LogP contribution is -2.16. The summed E-state index contributed by atoms with van der Waals surface area (Å²) in [5, 5.41) is 8.99. The molecule has 0 bridgehead atoms. The van der Waals surface area contributed by atoms with Crippen molar-refractivity contribution in [3.63, 3.8) is 0 Å². The van der Waals surface area contributed by atoms with Gasteiger partial charge >= 0.3 is 5.97 Å². The van der Waals surface area contributed by atoms with Gasteiger partial charge in [0.15, 0.2) is 0 Å². The van der Waals surface area contributed by atoms with Gasteiger partial charge in [-0.1, -0.05) is 13.8 Å². The fraction of sp³-hybridized carbons (Fsp3) is 0.556. The molecule has 0 spiro atoms. The molecule has 0 saturated heterocycles. The molecule has 1 aromatic rings. The van der Waals surface area contributed by atoms with Crippen LogP contribution in [0, 0.1) is 12.8 Å². The quantitative estimate of drug-likeness (QED) is 0.812. The van der Waals surface area contributed by atoms with E-state index in [4.69, 9.17) is 5.11 Å². The Balaban J connectivity index is 2.95. The van der Waals surface area contributed by atoms with Crippen LogP contribution >= 0.6 is 11.5 Å². The molecule has 0 amide bonds. The zero-order valence-corrected chi connectivity index (χ0v) is 8.76. The highest BCUT2D eigenvalue weighted by atomic mass is 32.1. The molecule has 1 rings (SSSR count). The molecule has 13 heavy (non-hydrogen) atoms. The molecule has 0 radical (unpaired) electrons. The Morgan fingerprint density at radius 2 is 2.23 bits per heavy atom. The highest BCUT2D eigenvalue weighted by molar-refractivity contribution is 7.06. The van der Waals surface area contributed by atoms with E-state index >= 15 is 0 Å². The number of aliphatic carboxylic acids is 1. The van der Waals surface area contributed by atoms with Gasteiger partial charge in [-0.05, 0) is 30.4 Å². The number of hydrogen-bond donors (Lipinski definition) is 1. The summed E-state index contributed by atoms with van der Waals surface area (Å²) >= 11 is 1.28. The zero-order chi connectivity index (χ0) is 10.0. The van der Waals surface area contributed by atoms with E-state index in [1.165, 1.54) is 11.5 Å². The fourth-order valence-corrected chi connectivity index (χ4v) is 2.28. The third-order valence-corrected chi connectivity index (χ3v) is 2.85. The predicted molar refractivity (Wildman–Crippen MR) is 52.1 cm³/mol. The highest BCUT2D eigenvalue weighted by Crippen LogP contribution is 2.28. The Kier molecular flexibility index (Phi) is 3.03. The minimum absolute atomic E-state index is 0.109. The molecule has 3 nitrogen and oxygen atoms in total. The van der Waals surface area contributed by atoms with Crippen LogP contribution in [0.3, 0.4) is 0 Å². The molecule has 0 aliphatic rings. The van der Waals surface area contributed by atoms with Crippen molar-refractivity contribution in [1.29, 1.82) is 0 Å². The molecule has 1 unspecified atom stereocenters. The lowest BCUT2D eigenvalue weighted by molar-refractivity contribution is -0.139. The average molecular weight is 199 g/mol. The van der Waals surface area contributed by atoms with Crippen LogP contribution in [0.4, 0.5) is 0 Å². The van der Waals surface area contributed by atoms with Crippen LogP contribution in [0.15, 0.2) is 6.07 Å². The zero-order valence-electron chi connectivity index (χ0n) is 7.94. The largest absolute Gasteiger partial charge is 0.481 e. The lowest BCUT2D eigenvalue weighted by Gasteiger charge is -2.12. The Morgan fingerprint density at radius 3 is 2.54 bits per heavy atom. The summed E-state index contributed by atoms with van der Waals surface area (Å²) in [6.45, 7) is 5.70. The summed E-state index contributed by atoms with van der Waals surface area (Å²) in [6, 6.07) is 1.85. The number of nitrogens with zero attached hydrogens (tertiary/aromatic N) is 1. The lowest BCUT2D eigenvalue weighted by atomic mass is 9.94. The number of carboxylic acid groups (broad SMARTS) is 1. The van der Waals surface area contributed by atoms with Gasteiger partial charge in [0.1, 0.15) is 0 Å². The van der Waals surface area contributed by atoms with Crippen LogP contribution in [0.5, 0.6) is 0 Å². The van der Waals surface area contributed by atoms with E-state index in [9.17, 15) is 4.79 Å². The van der Waals surface area contributed by atoms with E-state index < -0.39 is 11.9 Å². The van der Waals surface area contributed by atoms with E-state index in [2.05, 4.69) is 4.37 Å². The minimum Gasteiger partial charge on any atom is -0.481 e. The number of aromatic nitrogens is 1. The first-order valence-electron chi connectivity index (χ1n) is 4.18. The maximum Gasteiger partial charge on any atom is 0.312 e. The Bertz CT molecular complexity index is 306. The van der Waals surface area contributed by atoms with Crippen molar-refractivity contribution in [1.82, 2.24) is 4.37 Å². The van der Waals surface area contributed by atoms with Gasteiger partial charge in [-0.15, -0.1) is 0 Å². The first kappa shape index (κ1) is 10.2. The van der Waals surface area contributed by atoms with Crippen LogP contribution in [0.25, 0.3) is 0 Å². The van der Waals surface area contributed by atoms with Gasteiger partial charge in [0.2, 0.25) is 0 Å². The van der Waals surface area contributed by atoms with Crippen LogP contribution in [0.2, 0.25) is 0 Å². The van der Waals surface area contributed by atoms with Gasteiger partial charge < -0.3 is 5.11 Å². The van der Waals surface area contributed by atoms with Crippen molar-refractivity contribution in [3.05, 3.63) is 16.6 Å². The standard InChI is InChI=1S/C9H13NO2S/c1-5(2)8(9(11)12)7-4-6(3)10-13-7/h4-5,8H,1-3H3,(H,11,12). The van der Waals surface area contributed by atoms with Gasteiger partial charge in [-0.3, -0.25) is 4.79 Å². The van der Waals surface area contributed by atoms with E-state index in [1.54, 1.807) is 0 Å². The second-order valence-electron chi connectivity index (χ2n) is 3.43. The van der Waals surface area contributed by atoms with Crippen molar-refractivity contribution >= 4 is 17.5 Å². The van der Waals surface area contributed by atoms with Crippen LogP contribution < -0.4 is 0 Å². The number of rotatable bonds is 3. The van der Waals surface area contributed by atoms with E-state index in [0.29, 0.717) is 0 Å². The third-order valence-electron chi connectivity index (χ3n) is 1.89. The normalized spacial score (nSPS) is 13.2. The van der Waals surface area contributed by atoms with Crippen molar-refractivity contribution in [3.8, 4) is 0 Å². The van der Waals surface area contributed by atoms with Gasteiger partial charge in [-0.2, -0.15) is 4.37 Å². The summed E-state index contributed by atoms with van der Waals surface area (Å²) < 4.78 is 4.08. The van der Waals surface area contributed by atoms with Crippen molar-refractivity contribution < 1.29 is 9.90 Å². The van der Waals surface area contributed by atoms with E-state index in [0.717, 1.165) is 10.6 Å². The van der Waals surface area contributed by atoms with Crippen LogP contribution in [0.1, 0.15) is 30.3 Å². The topological polar surface area (TPSA) is 50.2 Å². The van der Waals surface area contributed by atoms with Gasteiger partial charge in [0.25, 0.3) is 0 Å². The summed E-state index contributed by atoms with van der Waals surface area (Å²) in [4.78, 5) is 11.8. The van der Waals surface area contributed by atoms with E-state index in [-0.39, 0.29) is 5.92 Å². The molecule has 1 heterocycles.